The molecule has 0 heterocycles. The summed E-state index contributed by atoms with van der Waals surface area (Å²) >= 11 is 0. The number of nitrogens with two attached hydrogens (primary N) is 1. The molecule has 1 aromatic carbocycles. The first-order valence-corrected chi connectivity index (χ1v) is 5.77. The molecular weight excluding hydrogens is 216 g/mol. The first-order valence-electron chi connectivity index (χ1n) is 5.77. The molecule has 0 aliphatic heterocycles. The van der Waals surface area contributed by atoms with E-state index in [0.717, 1.165) is 12.0 Å². The van der Waals surface area contributed by atoms with Crippen molar-refractivity contribution in [1.29, 1.82) is 0 Å². The SMILES string of the molecule is CCCC(C)(N)C(=O)Nc1ccc(C)c(O)c1. The summed E-state index contributed by atoms with van der Waals surface area (Å²) in [6.45, 7) is 5.49. The number of aryl methyl sites for hydroxylation is 1. The lowest BCUT2D eigenvalue weighted by Crippen LogP contribution is -2.48. The van der Waals surface area contributed by atoms with Crippen LogP contribution in [0.25, 0.3) is 0 Å². The third kappa shape index (κ3) is 3.46. The normalized spacial score (nSPS) is 14.1. The fraction of sp³-hybridized carbons (Fsp3) is 0.462. The van der Waals surface area contributed by atoms with Gasteiger partial charge < -0.3 is 16.2 Å². The zero-order valence-electron chi connectivity index (χ0n) is 10.6. The maximum Gasteiger partial charge on any atom is 0.244 e. The van der Waals surface area contributed by atoms with Gasteiger partial charge in [-0.3, -0.25) is 4.79 Å². The molecule has 0 aromatic heterocycles. The molecule has 0 bridgehead atoms. The Bertz CT molecular complexity index is 414. The smallest absolute Gasteiger partial charge is 0.244 e. The highest BCUT2D eigenvalue weighted by atomic mass is 16.3. The highest BCUT2D eigenvalue weighted by Crippen LogP contribution is 2.22. The van der Waals surface area contributed by atoms with E-state index in [1.807, 2.05) is 6.92 Å². The van der Waals surface area contributed by atoms with Crippen LogP contribution < -0.4 is 11.1 Å². The van der Waals surface area contributed by atoms with E-state index < -0.39 is 5.54 Å². The van der Waals surface area contributed by atoms with E-state index in [-0.39, 0.29) is 11.7 Å². The van der Waals surface area contributed by atoms with Gasteiger partial charge in [0.2, 0.25) is 5.91 Å². The van der Waals surface area contributed by atoms with Gasteiger partial charge in [-0.2, -0.15) is 0 Å². The number of hydrogen-bond donors (Lipinski definition) is 3. The van der Waals surface area contributed by atoms with E-state index in [9.17, 15) is 9.90 Å². The minimum Gasteiger partial charge on any atom is -0.508 e. The van der Waals surface area contributed by atoms with Gasteiger partial charge in [-0.1, -0.05) is 19.4 Å². The van der Waals surface area contributed by atoms with Crippen LogP contribution in [0.1, 0.15) is 32.3 Å². The molecule has 17 heavy (non-hydrogen) atoms. The van der Waals surface area contributed by atoms with Gasteiger partial charge in [0, 0.05) is 11.8 Å². The molecule has 4 N–H and O–H groups in total. The van der Waals surface area contributed by atoms with Crippen LogP contribution in [-0.4, -0.2) is 16.6 Å². The fourth-order valence-electron chi connectivity index (χ4n) is 1.59. The van der Waals surface area contributed by atoms with Crippen LogP contribution in [0, 0.1) is 6.92 Å². The number of amides is 1. The largest absolute Gasteiger partial charge is 0.508 e. The molecule has 4 heteroatoms. The number of rotatable bonds is 4. The Hall–Kier alpha value is -1.55. The van der Waals surface area contributed by atoms with E-state index in [2.05, 4.69) is 5.32 Å². The van der Waals surface area contributed by atoms with Gasteiger partial charge in [0.15, 0.2) is 0 Å². The first kappa shape index (κ1) is 13.5. The van der Waals surface area contributed by atoms with Gasteiger partial charge >= 0.3 is 0 Å². The Kier molecular flexibility index (Phi) is 4.12. The van der Waals surface area contributed by atoms with Crippen molar-refractivity contribution in [2.45, 2.75) is 39.2 Å². The zero-order valence-corrected chi connectivity index (χ0v) is 10.6. The van der Waals surface area contributed by atoms with E-state index in [1.165, 1.54) is 6.07 Å². The molecule has 0 aliphatic carbocycles. The molecule has 0 aliphatic rings. The number of carbonyl (C=O) groups is 1. The Morgan fingerprint density at radius 2 is 2.18 bits per heavy atom. The number of carbonyl (C=O) groups excluding carboxylic acids is 1. The van der Waals surface area contributed by atoms with Gasteiger partial charge in [0.25, 0.3) is 0 Å². The monoisotopic (exact) mass is 236 g/mol. The highest BCUT2D eigenvalue weighted by molar-refractivity contribution is 5.97. The number of benzene rings is 1. The quantitative estimate of drug-likeness (QED) is 0.749. The number of anilines is 1. The van der Waals surface area contributed by atoms with Crippen LogP contribution in [0.15, 0.2) is 18.2 Å². The number of phenolic OH excluding ortho intramolecular Hbond substituents is 1. The van der Waals surface area contributed by atoms with Crippen molar-refractivity contribution in [2.24, 2.45) is 5.73 Å². The summed E-state index contributed by atoms with van der Waals surface area (Å²) in [7, 11) is 0. The topological polar surface area (TPSA) is 75.4 Å². The number of nitrogens with one attached hydrogen (secondary N) is 1. The summed E-state index contributed by atoms with van der Waals surface area (Å²) < 4.78 is 0. The van der Waals surface area contributed by atoms with Crippen LogP contribution in [0.5, 0.6) is 5.75 Å². The summed E-state index contributed by atoms with van der Waals surface area (Å²) in [5, 5.41) is 12.2. The van der Waals surface area contributed by atoms with Crippen molar-refractivity contribution < 1.29 is 9.90 Å². The Labute approximate surface area is 102 Å². The average molecular weight is 236 g/mol. The molecule has 94 valence electrons. The third-order valence-corrected chi connectivity index (χ3v) is 2.76. The lowest BCUT2D eigenvalue weighted by atomic mass is 9.96. The van der Waals surface area contributed by atoms with Gasteiger partial charge in [-0.05, 0) is 31.9 Å². The van der Waals surface area contributed by atoms with Gasteiger partial charge in [-0.15, -0.1) is 0 Å². The molecule has 1 aromatic rings. The van der Waals surface area contributed by atoms with Crippen LogP contribution >= 0.6 is 0 Å². The molecule has 4 nitrogen and oxygen atoms in total. The van der Waals surface area contributed by atoms with E-state index in [1.54, 1.807) is 26.0 Å². The van der Waals surface area contributed by atoms with Crippen molar-refractivity contribution in [3.05, 3.63) is 23.8 Å². The Balaban J connectivity index is 2.77. The van der Waals surface area contributed by atoms with Crippen molar-refractivity contribution in [3.63, 3.8) is 0 Å². The maximum absolute atomic E-state index is 11.9. The van der Waals surface area contributed by atoms with Crippen molar-refractivity contribution >= 4 is 11.6 Å². The molecule has 1 unspecified atom stereocenters. The Morgan fingerprint density at radius 1 is 1.53 bits per heavy atom. The maximum atomic E-state index is 11.9. The third-order valence-electron chi connectivity index (χ3n) is 2.76. The predicted molar refractivity (Wildman–Crippen MR) is 69.0 cm³/mol. The van der Waals surface area contributed by atoms with Crippen molar-refractivity contribution in [2.75, 3.05) is 5.32 Å². The van der Waals surface area contributed by atoms with Gasteiger partial charge in [0.1, 0.15) is 5.75 Å². The second-order valence-corrected chi connectivity index (χ2v) is 4.62. The van der Waals surface area contributed by atoms with Crippen LogP contribution in [0.2, 0.25) is 0 Å². The lowest BCUT2D eigenvalue weighted by Gasteiger charge is -2.22. The number of phenols is 1. The standard InChI is InChI=1S/C13H20N2O2/c1-4-7-13(3,14)12(17)15-10-6-5-9(2)11(16)8-10/h5-6,8,16H,4,7,14H2,1-3H3,(H,15,17). The van der Waals surface area contributed by atoms with Crippen LogP contribution in [-0.2, 0) is 4.79 Å². The van der Waals surface area contributed by atoms with Gasteiger partial charge in [-0.25, -0.2) is 0 Å². The predicted octanol–water partition coefficient (Wildman–Crippen LogP) is 2.16. The molecule has 1 amide bonds. The molecular formula is C13H20N2O2. The zero-order chi connectivity index (χ0) is 13.1. The molecule has 0 saturated carbocycles. The Morgan fingerprint density at radius 3 is 2.71 bits per heavy atom. The van der Waals surface area contributed by atoms with Crippen molar-refractivity contribution in [1.82, 2.24) is 0 Å². The molecule has 1 atom stereocenters. The molecule has 1 rings (SSSR count). The second kappa shape index (κ2) is 5.19. The van der Waals surface area contributed by atoms with E-state index in [0.29, 0.717) is 12.1 Å². The minimum atomic E-state index is -0.880. The minimum absolute atomic E-state index is 0.164. The second-order valence-electron chi connectivity index (χ2n) is 4.62. The molecule has 0 radical (unpaired) electrons. The van der Waals surface area contributed by atoms with E-state index >= 15 is 0 Å². The number of aromatic hydroxyl groups is 1. The van der Waals surface area contributed by atoms with Gasteiger partial charge in [0.05, 0.1) is 5.54 Å². The summed E-state index contributed by atoms with van der Waals surface area (Å²) in [5.41, 5.74) is 6.36. The summed E-state index contributed by atoms with van der Waals surface area (Å²) in [5.74, 6) is -0.0698. The van der Waals surface area contributed by atoms with Crippen molar-refractivity contribution in [3.8, 4) is 5.75 Å². The van der Waals surface area contributed by atoms with E-state index in [4.69, 9.17) is 5.73 Å². The molecule has 0 fully saturated rings. The first-order chi connectivity index (χ1) is 7.86. The molecule has 0 saturated heterocycles. The summed E-state index contributed by atoms with van der Waals surface area (Å²) in [6, 6.07) is 5.02. The summed E-state index contributed by atoms with van der Waals surface area (Å²) in [6.07, 6.45) is 1.47. The lowest BCUT2D eigenvalue weighted by molar-refractivity contribution is -0.120. The number of hydrogen-bond acceptors (Lipinski definition) is 3. The van der Waals surface area contributed by atoms with Crippen LogP contribution in [0.4, 0.5) is 5.69 Å². The van der Waals surface area contributed by atoms with Crippen LogP contribution in [0.3, 0.4) is 0 Å². The molecule has 0 spiro atoms. The fourth-order valence-corrected chi connectivity index (χ4v) is 1.59. The highest BCUT2D eigenvalue weighted by Gasteiger charge is 2.27. The average Bonchev–Trinajstić information content (AvgIpc) is 2.23. The summed E-state index contributed by atoms with van der Waals surface area (Å²) in [4.78, 5) is 11.9.